The lowest BCUT2D eigenvalue weighted by atomic mass is 10.1. The lowest BCUT2D eigenvalue weighted by Gasteiger charge is -2.14. The van der Waals surface area contributed by atoms with Crippen LogP contribution in [0.25, 0.3) is 11.0 Å². The maximum atomic E-state index is 12.1. The first-order chi connectivity index (χ1) is 13.5. The monoisotopic (exact) mass is 401 g/mol. The second-order valence-electron chi connectivity index (χ2n) is 6.30. The van der Waals surface area contributed by atoms with E-state index in [1.165, 1.54) is 6.26 Å². The number of ether oxygens (including phenoxy) is 2. The van der Waals surface area contributed by atoms with Crippen molar-refractivity contribution in [1.29, 1.82) is 0 Å². The van der Waals surface area contributed by atoms with Crippen LogP contribution in [0.5, 0.6) is 5.75 Å². The predicted octanol–water partition coefficient (Wildman–Crippen LogP) is 4.06. The van der Waals surface area contributed by atoms with Gasteiger partial charge in [0.15, 0.2) is 6.61 Å². The van der Waals surface area contributed by atoms with Crippen molar-refractivity contribution in [2.75, 3.05) is 13.7 Å². The van der Waals surface area contributed by atoms with Crippen LogP contribution < -0.4 is 10.1 Å². The molecule has 3 rings (SSSR count). The van der Waals surface area contributed by atoms with Gasteiger partial charge in [-0.15, -0.1) is 0 Å². The van der Waals surface area contributed by atoms with E-state index in [0.717, 1.165) is 10.9 Å². The number of carbonyl (C=O) groups excluding carboxylic acids is 2. The summed E-state index contributed by atoms with van der Waals surface area (Å²) in [7, 11) is 1.57. The van der Waals surface area contributed by atoms with Crippen molar-refractivity contribution in [3.63, 3.8) is 0 Å². The van der Waals surface area contributed by atoms with Gasteiger partial charge in [-0.25, -0.2) is 0 Å². The van der Waals surface area contributed by atoms with Gasteiger partial charge >= 0.3 is 5.97 Å². The van der Waals surface area contributed by atoms with Crippen LogP contribution in [-0.2, 0) is 20.7 Å². The van der Waals surface area contributed by atoms with Gasteiger partial charge in [0.2, 0.25) is 0 Å². The summed E-state index contributed by atoms with van der Waals surface area (Å²) in [5.41, 5.74) is 2.18. The van der Waals surface area contributed by atoms with E-state index in [1.54, 1.807) is 31.4 Å². The summed E-state index contributed by atoms with van der Waals surface area (Å²) in [5.74, 6) is -0.229. The zero-order valence-electron chi connectivity index (χ0n) is 15.5. The van der Waals surface area contributed by atoms with E-state index in [0.29, 0.717) is 21.9 Å². The quantitative estimate of drug-likeness (QED) is 0.604. The molecule has 1 N–H and O–H groups in total. The molecular weight excluding hydrogens is 382 g/mol. The Morgan fingerprint density at radius 1 is 1.21 bits per heavy atom. The molecule has 1 atom stereocenters. The molecule has 0 saturated carbocycles. The lowest BCUT2D eigenvalue weighted by Crippen LogP contribution is -2.31. The van der Waals surface area contributed by atoms with Gasteiger partial charge in [0, 0.05) is 22.0 Å². The summed E-state index contributed by atoms with van der Waals surface area (Å²) in [4.78, 5) is 24.1. The van der Waals surface area contributed by atoms with Crippen molar-refractivity contribution in [3.8, 4) is 5.75 Å². The summed E-state index contributed by atoms with van der Waals surface area (Å²) in [5, 5.41) is 4.17. The highest BCUT2D eigenvalue weighted by atomic mass is 35.5. The number of benzene rings is 2. The van der Waals surface area contributed by atoms with Gasteiger partial charge < -0.3 is 19.2 Å². The van der Waals surface area contributed by atoms with Gasteiger partial charge in [-0.1, -0.05) is 23.7 Å². The molecule has 0 aliphatic carbocycles. The van der Waals surface area contributed by atoms with Crippen LogP contribution >= 0.6 is 11.6 Å². The van der Waals surface area contributed by atoms with Gasteiger partial charge in [0.05, 0.1) is 25.8 Å². The molecule has 2 aromatic carbocycles. The molecule has 0 bridgehead atoms. The third-order valence-electron chi connectivity index (χ3n) is 4.29. The highest BCUT2D eigenvalue weighted by molar-refractivity contribution is 6.30. The molecule has 0 radical (unpaired) electrons. The molecule has 0 aliphatic heterocycles. The molecule has 1 aromatic heterocycles. The van der Waals surface area contributed by atoms with Crippen LogP contribution in [0.2, 0.25) is 5.02 Å². The first kappa shape index (κ1) is 19.8. The number of amides is 1. The smallest absolute Gasteiger partial charge is 0.310 e. The van der Waals surface area contributed by atoms with Crippen molar-refractivity contribution in [2.45, 2.75) is 19.4 Å². The maximum Gasteiger partial charge on any atom is 0.310 e. The SMILES string of the molecule is COc1ccc2c(CC(=O)OCC(=O)N[C@@H](C)c3cccc(Cl)c3)coc2c1. The molecule has 7 heteroatoms. The van der Waals surface area contributed by atoms with Gasteiger partial charge in [-0.3, -0.25) is 9.59 Å². The summed E-state index contributed by atoms with van der Waals surface area (Å²) < 4.78 is 15.7. The third-order valence-corrected chi connectivity index (χ3v) is 4.52. The van der Waals surface area contributed by atoms with Crippen LogP contribution in [0.15, 0.2) is 53.1 Å². The molecule has 1 amide bonds. The molecule has 0 aliphatic rings. The number of carbonyl (C=O) groups is 2. The van der Waals surface area contributed by atoms with E-state index in [-0.39, 0.29) is 25.0 Å². The second kappa shape index (κ2) is 8.80. The second-order valence-corrected chi connectivity index (χ2v) is 6.74. The fourth-order valence-electron chi connectivity index (χ4n) is 2.82. The molecule has 3 aromatic rings. The van der Waals surface area contributed by atoms with Gasteiger partial charge in [0.1, 0.15) is 11.3 Å². The first-order valence-corrected chi connectivity index (χ1v) is 9.08. The molecule has 0 spiro atoms. The summed E-state index contributed by atoms with van der Waals surface area (Å²) in [6, 6.07) is 12.3. The standard InChI is InChI=1S/C21H20ClNO5/c1-13(14-4-3-5-16(22)8-14)23-20(24)12-28-21(25)9-15-11-27-19-10-17(26-2)6-7-18(15)19/h3-8,10-11,13H,9,12H2,1-2H3,(H,23,24)/t13-/m0/s1. The van der Waals surface area contributed by atoms with E-state index in [4.69, 9.17) is 25.5 Å². The number of furan rings is 1. The average Bonchev–Trinajstić information content (AvgIpc) is 3.08. The van der Waals surface area contributed by atoms with Crippen molar-refractivity contribution in [3.05, 3.63) is 64.9 Å². The van der Waals surface area contributed by atoms with Crippen LogP contribution in [-0.4, -0.2) is 25.6 Å². The van der Waals surface area contributed by atoms with Crippen molar-refractivity contribution < 1.29 is 23.5 Å². The van der Waals surface area contributed by atoms with E-state index in [2.05, 4.69) is 5.32 Å². The molecule has 0 unspecified atom stereocenters. The Hall–Kier alpha value is -2.99. The molecule has 0 fully saturated rings. The zero-order valence-corrected chi connectivity index (χ0v) is 16.3. The summed E-state index contributed by atoms with van der Waals surface area (Å²) >= 11 is 5.96. The van der Waals surface area contributed by atoms with E-state index < -0.39 is 5.97 Å². The molecule has 146 valence electrons. The number of nitrogens with one attached hydrogen (secondary N) is 1. The highest BCUT2D eigenvalue weighted by Crippen LogP contribution is 2.26. The predicted molar refractivity (Wildman–Crippen MR) is 105 cm³/mol. The minimum absolute atomic E-state index is 0.0104. The normalized spacial score (nSPS) is 11.8. The van der Waals surface area contributed by atoms with Crippen LogP contribution in [0, 0.1) is 0 Å². The fourth-order valence-corrected chi connectivity index (χ4v) is 3.02. The summed E-state index contributed by atoms with van der Waals surface area (Å²) in [6.45, 7) is 1.48. The largest absolute Gasteiger partial charge is 0.497 e. The number of rotatable bonds is 7. The number of methoxy groups -OCH3 is 1. The van der Waals surface area contributed by atoms with Crippen molar-refractivity contribution >= 4 is 34.4 Å². The molecular formula is C21H20ClNO5. The Bertz CT molecular complexity index is 997. The minimum atomic E-state index is -0.510. The molecule has 6 nitrogen and oxygen atoms in total. The Morgan fingerprint density at radius 2 is 2.04 bits per heavy atom. The summed E-state index contributed by atoms with van der Waals surface area (Å²) in [6.07, 6.45) is 1.52. The Morgan fingerprint density at radius 3 is 2.79 bits per heavy atom. The van der Waals surface area contributed by atoms with Gasteiger partial charge in [-0.05, 0) is 36.8 Å². The topological polar surface area (TPSA) is 77.8 Å². The Kier molecular flexibility index (Phi) is 6.21. The van der Waals surface area contributed by atoms with Crippen LogP contribution in [0.4, 0.5) is 0 Å². The number of hydrogen-bond donors (Lipinski definition) is 1. The number of fused-ring (bicyclic) bond motifs is 1. The fraction of sp³-hybridized carbons (Fsp3) is 0.238. The van der Waals surface area contributed by atoms with Crippen molar-refractivity contribution in [2.24, 2.45) is 0 Å². The Balaban J connectivity index is 1.52. The molecule has 28 heavy (non-hydrogen) atoms. The number of esters is 1. The lowest BCUT2D eigenvalue weighted by molar-refractivity contribution is -0.148. The van der Waals surface area contributed by atoms with Crippen molar-refractivity contribution in [1.82, 2.24) is 5.32 Å². The maximum absolute atomic E-state index is 12.1. The number of halogens is 1. The van der Waals surface area contributed by atoms with E-state index in [1.807, 2.05) is 25.1 Å². The number of hydrogen-bond acceptors (Lipinski definition) is 5. The first-order valence-electron chi connectivity index (χ1n) is 8.71. The minimum Gasteiger partial charge on any atom is -0.497 e. The van der Waals surface area contributed by atoms with Crippen LogP contribution in [0.1, 0.15) is 24.1 Å². The van der Waals surface area contributed by atoms with E-state index in [9.17, 15) is 9.59 Å². The van der Waals surface area contributed by atoms with E-state index >= 15 is 0 Å². The molecule has 1 heterocycles. The zero-order chi connectivity index (χ0) is 20.1. The van der Waals surface area contributed by atoms with Crippen LogP contribution in [0.3, 0.4) is 0 Å². The molecule has 0 saturated heterocycles. The van der Waals surface area contributed by atoms with Gasteiger partial charge in [0.25, 0.3) is 5.91 Å². The van der Waals surface area contributed by atoms with Gasteiger partial charge in [-0.2, -0.15) is 0 Å². The highest BCUT2D eigenvalue weighted by Gasteiger charge is 2.15. The third kappa shape index (κ3) is 4.84. The average molecular weight is 402 g/mol. The Labute approximate surface area is 167 Å².